The van der Waals surface area contributed by atoms with Crippen LogP contribution in [-0.2, 0) is 0 Å². The van der Waals surface area contributed by atoms with Crippen molar-refractivity contribution in [1.82, 2.24) is 0 Å². The first-order chi connectivity index (χ1) is 12.9. The summed E-state index contributed by atoms with van der Waals surface area (Å²) in [7, 11) is 0. The molecule has 136 valence electrons. The molecule has 1 heterocycles. The molecule has 0 saturated carbocycles. The van der Waals surface area contributed by atoms with E-state index in [4.69, 9.17) is 5.73 Å². The number of ketones is 1. The van der Waals surface area contributed by atoms with Crippen LogP contribution in [0.2, 0.25) is 0 Å². The molecule has 1 aliphatic rings. The van der Waals surface area contributed by atoms with E-state index in [0.717, 1.165) is 49.8 Å². The Hall–Kier alpha value is -2.72. The van der Waals surface area contributed by atoms with Crippen molar-refractivity contribution >= 4 is 34.6 Å². The van der Waals surface area contributed by atoms with E-state index in [1.807, 2.05) is 58.0 Å². The van der Waals surface area contributed by atoms with Crippen LogP contribution in [0.25, 0.3) is 0 Å². The van der Waals surface area contributed by atoms with E-state index >= 15 is 0 Å². The van der Waals surface area contributed by atoms with Crippen LogP contribution in [0.5, 0.6) is 0 Å². The summed E-state index contributed by atoms with van der Waals surface area (Å²) in [6.07, 6.45) is 0. The molecule has 3 N–H and O–H groups in total. The summed E-state index contributed by atoms with van der Waals surface area (Å²) in [5, 5.41) is 3.47. The second-order valence-electron chi connectivity index (χ2n) is 7.02. The van der Waals surface area contributed by atoms with Gasteiger partial charge in [0, 0.05) is 26.6 Å². The predicted molar refractivity (Wildman–Crippen MR) is 114 cm³/mol. The van der Waals surface area contributed by atoms with Crippen molar-refractivity contribution in [2.45, 2.75) is 37.5 Å². The van der Waals surface area contributed by atoms with E-state index in [1.54, 1.807) is 11.8 Å². The standard InChI is InChI=1S/C23H22N2OS/c1-12-14(3)21(24)15(4)13(2)20(12)23(26)16-8-7-11-19-22(16)25-17-9-5-6-10-18(17)27-19/h5-11,25H,24H2,1-4H3. The van der Waals surface area contributed by atoms with Gasteiger partial charge in [-0.05, 0) is 74.2 Å². The number of benzene rings is 3. The molecule has 0 amide bonds. The van der Waals surface area contributed by atoms with E-state index in [0.29, 0.717) is 5.56 Å². The first-order valence-corrected chi connectivity index (χ1v) is 9.79. The number of rotatable bonds is 2. The Bertz CT molecular complexity index is 1070. The summed E-state index contributed by atoms with van der Waals surface area (Å²) >= 11 is 1.69. The number of carbonyl (C=O) groups is 1. The molecule has 0 fully saturated rings. The van der Waals surface area contributed by atoms with Gasteiger partial charge in [-0.25, -0.2) is 0 Å². The Balaban J connectivity index is 1.87. The number of hydrogen-bond donors (Lipinski definition) is 2. The molecule has 1 aliphatic heterocycles. The molecule has 0 spiro atoms. The summed E-state index contributed by atoms with van der Waals surface area (Å²) in [6, 6.07) is 14.1. The van der Waals surface area contributed by atoms with Crippen molar-refractivity contribution in [2.75, 3.05) is 11.1 Å². The molecule has 3 aromatic rings. The number of carbonyl (C=O) groups excluding carboxylic acids is 1. The SMILES string of the molecule is Cc1c(C)c(C(=O)c2cccc3c2Nc2ccccc2S3)c(C)c(C)c1N. The maximum atomic E-state index is 13.6. The fourth-order valence-corrected chi connectivity index (χ4v) is 4.69. The van der Waals surface area contributed by atoms with Gasteiger partial charge in [-0.1, -0.05) is 30.0 Å². The molecule has 27 heavy (non-hydrogen) atoms. The minimum absolute atomic E-state index is 0.0422. The van der Waals surface area contributed by atoms with Gasteiger partial charge in [-0.3, -0.25) is 4.79 Å². The molecule has 0 aliphatic carbocycles. The minimum atomic E-state index is 0.0422. The number of hydrogen-bond acceptors (Lipinski definition) is 4. The fraction of sp³-hybridized carbons (Fsp3) is 0.174. The van der Waals surface area contributed by atoms with Crippen LogP contribution >= 0.6 is 11.8 Å². The Kier molecular flexibility index (Phi) is 4.23. The molecule has 0 saturated heterocycles. The zero-order valence-electron chi connectivity index (χ0n) is 15.9. The molecular weight excluding hydrogens is 352 g/mol. The van der Waals surface area contributed by atoms with Crippen molar-refractivity contribution in [3.8, 4) is 0 Å². The third-order valence-electron chi connectivity index (χ3n) is 5.55. The maximum absolute atomic E-state index is 13.6. The number of fused-ring (bicyclic) bond motifs is 2. The molecular formula is C23H22N2OS. The Labute approximate surface area is 164 Å². The molecule has 4 rings (SSSR count). The average molecular weight is 375 g/mol. The third-order valence-corrected chi connectivity index (χ3v) is 6.68. The molecule has 0 radical (unpaired) electrons. The molecule has 0 aromatic heterocycles. The summed E-state index contributed by atoms with van der Waals surface area (Å²) in [5.74, 6) is 0.0422. The summed E-state index contributed by atoms with van der Waals surface area (Å²) in [5.41, 5.74) is 14.3. The Morgan fingerprint density at radius 3 is 2.19 bits per heavy atom. The van der Waals surface area contributed by atoms with E-state index in [-0.39, 0.29) is 5.78 Å². The zero-order valence-corrected chi connectivity index (χ0v) is 16.8. The monoisotopic (exact) mass is 374 g/mol. The maximum Gasteiger partial charge on any atom is 0.195 e. The number of anilines is 3. The van der Waals surface area contributed by atoms with Gasteiger partial charge < -0.3 is 11.1 Å². The quantitative estimate of drug-likeness (QED) is 0.337. The van der Waals surface area contributed by atoms with Crippen molar-refractivity contribution in [3.05, 3.63) is 75.8 Å². The highest BCUT2D eigenvalue weighted by molar-refractivity contribution is 7.99. The molecule has 0 bridgehead atoms. The predicted octanol–water partition coefficient (Wildman–Crippen LogP) is 5.94. The van der Waals surface area contributed by atoms with Gasteiger partial charge in [-0.15, -0.1) is 0 Å². The number of nitrogens with two attached hydrogens (primary N) is 1. The highest BCUT2D eigenvalue weighted by Gasteiger charge is 2.25. The third kappa shape index (κ3) is 2.72. The lowest BCUT2D eigenvalue weighted by molar-refractivity contribution is 0.103. The highest BCUT2D eigenvalue weighted by atomic mass is 32.2. The van der Waals surface area contributed by atoms with Gasteiger partial charge >= 0.3 is 0 Å². The van der Waals surface area contributed by atoms with Crippen LogP contribution in [0.15, 0.2) is 52.3 Å². The van der Waals surface area contributed by atoms with Crippen LogP contribution in [0.3, 0.4) is 0 Å². The van der Waals surface area contributed by atoms with Crippen molar-refractivity contribution in [2.24, 2.45) is 0 Å². The summed E-state index contributed by atoms with van der Waals surface area (Å²) in [6.45, 7) is 7.94. The van der Waals surface area contributed by atoms with Gasteiger partial charge in [0.15, 0.2) is 5.78 Å². The van der Waals surface area contributed by atoms with E-state index in [2.05, 4.69) is 17.4 Å². The summed E-state index contributed by atoms with van der Waals surface area (Å²) < 4.78 is 0. The normalized spacial score (nSPS) is 12.1. The first-order valence-electron chi connectivity index (χ1n) is 8.97. The van der Waals surface area contributed by atoms with Crippen LogP contribution in [0, 0.1) is 27.7 Å². The molecule has 0 unspecified atom stereocenters. The van der Waals surface area contributed by atoms with Crippen LogP contribution < -0.4 is 11.1 Å². The lowest BCUT2D eigenvalue weighted by Crippen LogP contribution is -2.14. The molecule has 3 aromatic carbocycles. The first kappa shape index (κ1) is 17.7. The van der Waals surface area contributed by atoms with Crippen LogP contribution in [-0.4, -0.2) is 5.78 Å². The lowest BCUT2D eigenvalue weighted by Gasteiger charge is -2.24. The van der Waals surface area contributed by atoms with E-state index < -0.39 is 0 Å². The van der Waals surface area contributed by atoms with Crippen molar-refractivity contribution in [1.29, 1.82) is 0 Å². The largest absolute Gasteiger partial charge is 0.398 e. The van der Waals surface area contributed by atoms with E-state index in [1.165, 1.54) is 4.90 Å². The molecule has 4 heteroatoms. The number of para-hydroxylation sites is 2. The fourth-order valence-electron chi connectivity index (χ4n) is 3.66. The van der Waals surface area contributed by atoms with Crippen molar-refractivity contribution in [3.63, 3.8) is 0 Å². The second kappa shape index (κ2) is 6.46. The zero-order chi connectivity index (χ0) is 19.3. The van der Waals surface area contributed by atoms with Crippen LogP contribution in [0.1, 0.15) is 38.2 Å². The van der Waals surface area contributed by atoms with Gasteiger partial charge in [0.05, 0.1) is 11.4 Å². The molecule has 0 atom stereocenters. The van der Waals surface area contributed by atoms with E-state index in [9.17, 15) is 4.79 Å². The van der Waals surface area contributed by atoms with Gasteiger partial charge in [0.25, 0.3) is 0 Å². The average Bonchev–Trinajstić information content (AvgIpc) is 2.68. The minimum Gasteiger partial charge on any atom is -0.398 e. The Morgan fingerprint density at radius 2 is 1.48 bits per heavy atom. The number of nitrogen functional groups attached to an aromatic ring is 1. The molecule has 3 nitrogen and oxygen atoms in total. The van der Waals surface area contributed by atoms with Crippen molar-refractivity contribution < 1.29 is 4.79 Å². The second-order valence-corrected chi connectivity index (χ2v) is 8.10. The Morgan fingerprint density at radius 1 is 0.852 bits per heavy atom. The smallest absolute Gasteiger partial charge is 0.195 e. The summed E-state index contributed by atoms with van der Waals surface area (Å²) in [4.78, 5) is 15.8. The topological polar surface area (TPSA) is 55.1 Å². The van der Waals surface area contributed by atoms with Gasteiger partial charge in [0.2, 0.25) is 0 Å². The lowest BCUT2D eigenvalue weighted by atomic mass is 9.87. The van der Waals surface area contributed by atoms with Crippen LogP contribution in [0.4, 0.5) is 17.1 Å². The highest BCUT2D eigenvalue weighted by Crippen LogP contribution is 2.46. The van der Waals surface area contributed by atoms with Gasteiger partial charge in [-0.2, -0.15) is 0 Å². The number of nitrogens with one attached hydrogen (secondary N) is 1. The van der Waals surface area contributed by atoms with Gasteiger partial charge in [0.1, 0.15) is 0 Å².